The molecule has 0 spiro atoms. The maximum Gasteiger partial charge on any atom is 0.332 e. The van der Waals surface area contributed by atoms with Gasteiger partial charge in [0.2, 0.25) is 0 Å². The van der Waals surface area contributed by atoms with E-state index in [2.05, 4.69) is 31.3 Å². The highest BCUT2D eigenvalue weighted by molar-refractivity contribution is 5.86. The molecule has 0 aliphatic heterocycles. The van der Waals surface area contributed by atoms with Gasteiger partial charge in [-0.2, -0.15) is 5.10 Å². The van der Waals surface area contributed by atoms with Crippen LogP contribution in [0.1, 0.15) is 46.5 Å². The molecule has 0 bridgehead atoms. The Kier molecular flexibility index (Phi) is 3.72. The zero-order valence-electron chi connectivity index (χ0n) is 9.84. The number of amides is 2. The van der Waals surface area contributed by atoms with Gasteiger partial charge in [-0.05, 0) is 37.0 Å². The first-order valence-electron chi connectivity index (χ1n) is 5.50. The molecule has 3 N–H and O–H groups in total. The Labute approximate surface area is 91.3 Å². The van der Waals surface area contributed by atoms with Crippen LogP contribution in [0.2, 0.25) is 0 Å². The van der Waals surface area contributed by atoms with Crippen molar-refractivity contribution in [2.45, 2.75) is 46.5 Å². The van der Waals surface area contributed by atoms with Crippen molar-refractivity contribution < 1.29 is 4.79 Å². The van der Waals surface area contributed by atoms with E-state index >= 15 is 0 Å². The van der Waals surface area contributed by atoms with Gasteiger partial charge in [0, 0.05) is 5.71 Å². The van der Waals surface area contributed by atoms with E-state index in [1.54, 1.807) is 0 Å². The fraction of sp³-hybridized carbons (Fsp3) is 0.818. The van der Waals surface area contributed by atoms with Gasteiger partial charge in [0.15, 0.2) is 0 Å². The first-order chi connectivity index (χ1) is 6.89. The standard InChI is InChI=1S/C11H21N3O/c1-11(2,3)8-4-6-9(7-5-8)13-14-10(12)15/h8H,4-7H2,1-3H3,(H3,12,14,15). The Hall–Kier alpha value is -1.06. The summed E-state index contributed by atoms with van der Waals surface area (Å²) in [7, 11) is 0. The summed E-state index contributed by atoms with van der Waals surface area (Å²) in [4.78, 5) is 10.5. The minimum atomic E-state index is -0.583. The van der Waals surface area contributed by atoms with Gasteiger partial charge in [0.25, 0.3) is 0 Å². The van der Waals surface area contributed by atoms with Crippen LogP contribution in [0, 0.1) is 11.3 Å². The number of nitrogens with zero attached hydrogens (tertiary/aromatic N) is 1. The maximum atomic E-state index is 10.5. The van der Waals surface area contributed by atoms with E-state index in [1.165, 1.54) is 0 Å². The van der Waals surface area contributed by atoms with Crippen molar-refractivity contribution in [3.8, 4) is 0 Å². The van der Waals surface area contributed by atoms with Crippen molar-refractivity contribution in [1.82, 2.24) is 5.43 Å². The summed E-state index contributed by atoms with van der Waals surface area (Å²) in [6.07, 6.45) is 4.26. The Balaban J connectivity index is 2.42. The third-order valence-corrected chi connectivity index (χ3v) is 3.11. The molecule has 15 heavy (non-hydrogen) atoms. The Bertz CT molecular complexity index is 255. The lowest BCUT2D eigenvalue weighted by Gasteiger charge is -2.34. The van der Waals surface area contributed by atoms with Crippen LogP contribution >= 0.6 is 0 Å². The van der Waals surface area contributed by atoms with E-state index < -0.39 is 6.03 Å². The third-order valence-electron chi connectivity index (χ3n) is 3.11. The van der Waals surface area contributed by atoms with Gasteiger partial charge in [0.05, 0.1) is 0 Å². The van der Waals surface area contributed by atoms with Crippen LogP contribution in [0.5, 0.6) is 0 Å². The Morgan fingerprint density at radius 2 is 1.93 bits per heavy atom. The highest BCUT2D eigenvalue weighted by Crippen LogP contribution is 2.36. The lowest BCUT2D eigenvalue weighted by Crippen LogP contribution is -2.29. The van der Waals surface area contributed by atoms with E-state index in [-0.39, 0.29) is 0 Å². The van der Waals surface area contributed by atoms with E-state index in [9.17, 15) is 4.79 Å². The molecule has 1 aliphatic rings. The van der Waals surface area contributed by atoms with Gasteiger partial charge in [-0.15, -0.1) is 0 Å². The highest BCUT2D eigenvalue weighted by atomic mass is 16.2. The molecule has 2 amide bonds. The third kappa shape index (κ3) is 3.90. The van der Waals surface area contributed by atoms with Gasteiger partial charge in [-0.25, -0.2) is 10.2 Å². The number of urea groups is 1. The molecule has 86 valence electrons. The molecule has 0 saturated heterocycles. The smallest absolute Gasteiger partial charge is 0.332 e. The second-order valence-corrected chi connectivity index (χ2v) is 5.29. The molecule has 1 aliphatic carbocycles. The van der Waals surface area contributed by atoms with Crippen LogP contribution in [0.4, 0.5) is 4.79 Å². The van der Waals surface area contributed by atoms with Gasteiger partial charge < -0.3 is 5.73 Å². The Morgan fingerprint density at radius 1 is 1.40 bits per heavy atom. The summed E-state index contributed by atoms with van der Waals surface area (Å²) in [6.45, 7) is 6.84. The fourth-order valence-corrected chi connectivity index (χ4v) is 2.06. The maximum absolute atomic E-state index is 10.5. The number of primary amides is 1. The van der Waals surface area contributed by atoms with E-state index in [0.717, 1.165) is 37.3 Å². The van der Waals surface area contributed by atoms with Crippen LogP contribution in [-0.4, -0.2) is 11.7 Å². The molecule has 0 radical (unpaired) electrons. The summed E-state index contributed by atoms with van der Waals surface area (Å²) in [5.74, 6) is 0.755. The number of nitrogens with one attached hydrogen (secondary N) is 1. The van der Waals surface area contributed by atoms with Crippen molar-refractivity contribution >= 4 is 11.7 Å². The molecular formula is C11H21N3O. The molecule has 0 aromatic rings. The first kappa shape index (κ1) is 12.0. The molecule has 4 nitrogen and oxygen atoms in total. The zero-order chi connectivity index (χ0) is 11.5. The van der Waals surface area contributed by atoms with Crippen LogP contribution in [0.3, 0.4) is 0 Å². The molecular weight excluding hydrogens is 190 g/mol. The van der Waals surface area contributed by atoms with Gasteiger partial charge in [0.1, 0.15) is 0 Å². The summed E-state index contributed by atoms with van der Waals surface area (Å²) in [5.41, 5.74) is 8.69. The summed E-state index contributed by atoms with van der Waals surface area (Å²) >= 11 is 0. The van der Waals surface area contributed by atoms with Crippen LogP contribution in [-0.2, 0) is 0 Å². The number of carbonyl (C=O) groups is 1. The summed E-state index contributed by atoms with van der Waals surface area (Å²) in [6, 6.07) is -0.583. The molecule has 0 aromatic carbocycles. The average molecular weight is 211 g/mol. The lowest BCUT2D eigenvalue weighted by molar-refractivity contribution is 0.208. The molecule has 0 aromatic heterocycles. The predicted octanol–water partition coefficient (Wildman–Crippen LogP) is 2.25. The zero-order valence-corrected chi connectivity index (χ0v) is 9.84. The van der Waals surface area contributed by atoms with Crippen molar-refractivity contribution in [2.24, 2.45) is 22.2 Å². The molecule has 1 saturated carbocycles. The monoisotopic (exact) mass is 211 g/mol. The molecule has 0 atom stereocenters. The molecule has 4 heteroatoms. The molecule has 0 heterocycles. The quantitative estimate of drug-likeness (QED) is 0.642. The minimum Gasteiger partial charge on any atom is -0.350 e. The molecule has 1 rings (SSSR count). The van der Waals surface area contributed by atoms with Crippen molar-refractivity contribution in [1.29, 1.82) is 0 Å². The second-order valence-electron chi connectivity index (χ2n) is 5.29. The summed E-state index contributed by atoms with van der Waals surface area (Å²) < 4.78 is 0. The number of nitrogens with two attached hydrogens (primary N) is 1. The van der Waals surface area contributed by atoms with Crippen molar-refractivity contribution in [2.75, 3.05) is 0 Å². The number of carbonyl (C=O) groups excluding carboxylic acids is 1. The minimum absolute atomic E-state index is 0.378. The van der Waals surface area contributed by atoms with Crippen molar-refractivity contribution in [3.05, 3.63) is 0 Å². The number of hydrogen-bond donors (Lipinski definition) is 2. The number of hydrazone groups is 1. The highest BCUT2D eigenvalue weighted by Gasteiger charge is 2.27. The SMILES string of the molecule is CC(C)(C)C1CCC(=NNC(N)=O)CC1. The van der Waals surface area contributed by atoms with Crippen LogP contribution in [0.25, 0.3) is 0 Å². The number of rotatable bonds is 1. The van der Waals surface area contributed by atoms with Crippen LogP contribution < -0.4 is 11.2 Å². The normalized spacial score (nSPS) is 22.3. The van der Waals surface area contributed by atoms with Crippen LogP contribution in [0.15, 0.2) is 5.10 Å². The average Bonchev–Trinajstić information content (AvgIpc) is 2.14. The second kappa shape index (κ2) is 4.64. The fourth-order valence-electron chi connectivity index (χ4n) is 2.06. The number of hydrogen-bond acceptors (Lipinski definition) is 2. The van der Waals surface area contributed by atoms with Gasteiger partial charge in [-0.3, -0.25) is 0 Å². The molecule has 0 unspecified atom stereocenters. The van der Waals surface area contributed by atoms with E-state index in [0.29, 0.717) is 5.41 Å². The van der Waals surface area contributed by atoms with Gasteiger partial charge in [-0.1, -0.05) is 20.8 Å². The molecule has 1 fully saturated rings. The largest absolute Gasteiger partial charge is 0.350 e. The Morgan fingerprint density at radius 3 is 2.33 bits per heavy atom. The topological polar surface area (TPSA) is 67.5 Å². The van der Waals surface area contributed by atoms with E-state index in [1.807, 2.05) is 0 Å². The first-order valence-corrected chi connectivity index (χ1v) is 5.50. The summed E-state index contributed by atoms with van der Waals surface area (Å²) in [5, 5.41) is 3.99. The lowest BCUT2D eigenvalue weighted by atomic mass is 9.72. The van der Waals surface area contributed by atoms with Crippen molar-refractivity contribution in [3.63, 3.8) is 0 Å². The predicted molar refractivity (Wildman–Crippen MR) is 61.6 cm³/mol. The van der Waals surface area contributed by atoms with E-state index in [4.69, 9.17) is 5.73 Å². The van der Waals surface area contributed by atoms with Gasteiger partial charge >= 0.3 is 6.03 Å².